The highest BCUT2D eigenvalue weighted by Crippen LogP contribution is 2.34. The van der Waals surface area contributed by atoms with Crippen molar-refractivity contribution >= 4 is 5.91 Å². The van der Waals surface area contributed by atoms with Crippen molar-refractivity contribution in [1.82, 2.24) is 15.2 Å². The van der Waals surface area contributed by atoms with Crippen molar-refractivity contribution in [1.29, 1.82) is 0 Å². The van der Waals surface area contributed by atoms with Crippen molar-refractivity contribution in [2.24, 2.45) is 5.92 Å². The number of ether oxygens (including phenoxy) is 1. The smallest absolute Gasteiger partial charge is 0.222 e. The van der Waals surface area contributed by atoms with Gasteiger partial charge in [0.15, 0.2) is 0 Å². The number of amides is 1. The highest BCUT2D eigenvalue weighted by Gasteiger charge is 2.42. The molecule has 1 amide bonds. The molecule has 0 aliphatic carbocycles. The number of nitrogens with one attached hydrogen (secondary N) is 1. The monoisotopic (exact) mass is 303 g/mol. The number of pyridine rings is 1. The van der Waals surface area contributed by atoms with E-state index in [0.29, 0.717) is 31.0 Å². The Morgan fingerprint density at radius 2 is 2.36 bits per heavy atom. The fourth-order valence-corrected chi connectivity index (χ4v) is 3.43. The highest BCUT2D eigenvalue weighted by atomic mass is 16.5. The molecule has 3 atom stereocenters. The second kappa shape index (κ2) is 6.75. The van der Waals surface area contributed by atoms with Gasteiger partial charge in [-0.3, -0.25) is 14.7 Å². The predicted octanol–water partition coefficient (Wildman–Crippen LogP) is 1.59. The van der Waals surface area contributed by atoms with Crippen molar-refractivity contribution < 1.29 is 9.53 Å². The number of hydrogen-bond donors (Lipinski definition) is 1. The molecule has 2 saturated heterocycles. The summed E-state index contributed by atoms with van der Waals surface area (Å²) in [5.74, 6) is 0.660. The highest BCUT2D eigenvalue weighted by molar-refractivity contribution is 5.76. The minimum absolute atomic E-state index is 0.0644. The lowest BCUT2D eigenvalue weighted by Gasteiger charge is -2.22. The zero-order chi connectivity index (χ0) is 15.5. The first-order valence-electron chi connectivity index (χ1n) is 8.17. The third-order valence-electron chi connectivity index (χ3n) is 4.70. The second-order valence-electron chi connectivity index (χ2n) is 6.68. The number of rotatable bonds is 5. The van der Waals surface area contributed by atoms with Crippen molar-refractivity contribution in [3.8, 4) is 0 Å². The van der Waals surface area contributed by atoms with Gasteiger partial charge in [-0.2, -0.15) is 0 Å². The summed E-state index contributed by atoms with van der Waals surface area (Å²) < 4.78 is 6.07. The summed E-state index contributed by atoms with van der Waals surface area (Å²) in [6.07, 6.45) is 5.38. The van der Waals surface area contributed by atoms with Gasteiger partial charge in [0.25, 0.3) is 0 Å². The molecule has 2 aliphatic heterocycles. The van der Waals surface area contributed by atoms with Crippen LogP contribution < -0.4 is 5.32 Å². The lowest BCUT2D eigenvalue weighted by atomic mass is 10.0. The van der Waals surface area contributed by atoms with Crippen molar-refractivity contribution in [3.63, 3.8) is 0 Å². The number of carbonyl (C=O) groups excluding carboxylic acids is 1. The molecule has 0 radical (unpaired) electrons. The van der Waals surface area contributed by atoms with Crippen LogP contribution in [0.1, 0.15) is 32.3 Å². The fraction of sp³-hybridized carbons (Fsp3) is 0.647. The fourth-order valence-electron chi connectivity index (χ4n) is 3.43. The maximum absolute atomic E-state index is 12.0. The SMILES string of the molecule is CC(C)N1C[C@H]2C[C@H](CC(=O)NCc3cccnc3)O[C@H]2C1. The molecule has 1 N–H and O–H groups in total. The number of carbonyl (C=O) groups is 1. The van der Waals surface area contributed by atoms with E-state index in [1.165, 1.54) is 0 Å². The van der Waals surface area contributed by atoms with E-state index in [0.717, 1.165) is 25.1 Å². The standard InChI is InChI=1S/C17H25N3O2/c1-12(2)20-10-14-6-15(22-16(14)11-20)7-17(21)19-9-13-4-3-5-18-8-13/h3-5,8,12,14-16H,6-7,9-11H2,1-2H3,(H,19,21)/t14-,15-,16+/m1/s1. The molecule has 2 fully saturated rings. The molecule has 5 nitrogen and oxygen atoms in total. The Balaban J connectivity index is 1.41. The van der Waals surface area contributed by atoms with Gasteiger partial charge in [0.05, 0.1) is 18.6 Å². The van der Waals surface area contributed by atoms with E-state index in [4.69, 9.17) is 4.74 Å². The average molecular weight is 303 g/mol. The van der Waals surface area contributed by atoms with Gasteiger partial charge < -0.3 is 10.1 Å². The quantitative estimate of drug-likeness (QED) is 0.897. The lowest BCUT2D eigenvalue weighted by molar-refractivity contribution is -0.124. The van der Waals surface area contributed by atoms with Gasteiger partial charge >= 0.3 is 0 Å². The maximum atomic E-state index is 12.0. The van der Waals surface area contributed by atoms with E-state index in [1.807, 2.05) is 12.1 Å². The van der Waals surface area contributed by atoms with Crippen LogP contribution in [0.4, 0.5) is 0 Å². The summed E-state index contributed by atoms with van der Waals surface area (Å²) in [7, 11) is 0. The Morgan fingerprint density at radius 1 is 1.50 bits per heavy atom. The number of likely N-dealkylation sites (tertiary alicyclic amines) is 1. The summed E-state index contributed by atoms with van der Waals surface area (Å²) in [6, 6.07) is 4.42. The van der Waals surface area contributed by atoms with Crippen LogP contribution in [0, 0.1) is 5.92 Å². The zero-order valence-corrected chi connectivity index (χ0v) is 13.4. The molecule has 120 valence electrons. The largest absolute Gasteiger partial charge is 0.373 e. The van der Waals surface area contributed by atoms with Crippen LogP contribution in [0.25, 0.3) is 0 Å². The van der Waals surface area contributed by atoms with Gasteiger partial charge in [-0.05, 0) is 31.9 Å². The van der Waals surface area contributed by atoms with Crippen molar-refractivity contribution in [2.45, 2.75) is 51.5 Å². The Kier molecular flexibility index (Phi) is 4.74. The molecule has 0 unspecified atom stereocenters. The molecule has 22 heavy (non-hydrogen) atoms. The summed E-state index contributed by atoms with van der Waals surface area (Å²) in [5, 5.41) is 2.95. The summed E-state index contributed by atoms with van der Waals surface area (Å²) in [5.41, 5.74) is 1.02. The van der Waals surface area contributed by atoms with Crippen LogP contribution in [-0.4, -0.2) is 47.1 Å². The van der Waals surface area contributed by atoms with E-state index in [9.17, 15) is 4.79 Å². The van der Waals surface area contributed by atoms with Gasteiger partial charge in [-0.1, -0.05) is 6.07 Å². The third-order valence-corrected chi connectivity index (χ3v) is 4.70. The molecule has 0 bridgehead atoms. The number of nitrogens with zero attached hydrogens (tertiary/aromatic N) is 2. The van der Waals surface area contributed by atoms with Crippen LogP contribution in [0.5, 0.6) is 0 Å². The number of aromatic nitrogens is 1. The van der Waals surface area contributed by atoms with Gasteiger partial charge in [0.1, 0.15) is 0 Å². The van der Waals surface area contributed by atoms with E-state index in [1.54, 1.807) is 12.4 Å². The average Bonchev–Trinajstić information content (AvgIpc) is 3.04. The molecule has 5 heteroatoms. The molecule has 0 saturated carbocycles. The van der Waals surface area contributed by atoms with Gasteiger partial charge in [-0.15, -0.1) is 0 Å². The van der Waals surface area contributed by atoms with E-state index >= 15 is 0 Å². The summed E-state index contributed by atoms with van der Waals surface area (Å²) in [4.78, 5) is 18.6. The minimum atomic E-state index is 0.0644. The van der Waals surface area contributed by atoms with Crippen LogP contribution in [0.3, 0.4) is 0 Å². The number of hydrogen-bond acceptors (Lipinski definition) is 4. The van der Waals surface area contributed by atoms with Gasteiger partial charge in [0, 0.05) is 44.0 Å². The molecular formula is C17H25N3O2. The first kappa shape index (κ1) is 15.4. The third kappa shape index (κ3) is 3.65. The Hall–Kier alpha value is -1.46. The van der Waals surface area contributed by atoms with Crippen LogP contribution in [0.15, 0.2) is 24.5 Å². The van der Waals surface area contributed by atoms with E-state index in [2.05, 4.69) is 29.0 Å². The van der Waals surface area contributed by atoms with Gasteiger partial charge in [-0.25, -0.2) is 0 Å². The number of fused-ring (bicyclic) bond motifs is 1. The topological polar surface area (TPSA) is 54.5 Å². The normalized spacial score (nSPS) is 28.0. The summed E-state index contributed by atoms with van der Waals surface area (Å²) in [6.45, 7) is 7.11. The molecule has 0 spiro atoms. The minimum Gasteiger partial charge on any atom is -0.373 e. The molecule has 0 aromatic carbocycles. The summed E-state index contributed by atoms with van der Waals surface area (Å²) >= 11 is 0. The molecule has 3 heterocycles. The molecule has 2 aliphatic rings. The second-order valence-corrected chi connectivity index (χ2v) is 6.68. The van der Waals surface area contributed by atoms with E-state index in [-0.39, 0.29) is 12.0 Å². The molecular weight excluding hydrogens is 278 g/mol. The Labute approximate surface area is 132 Å². The van der Waals surface area contributed by atoms with Crippen LogP contribution in [0.2, 0.25) is 0 Å². The predicted molar refractivity (Wildman–Crippen MR) is 84.2 cm³/mol. The Morgan fingerprint density at radius 3 is 3.05 bits per heavy atom. The maximum Gasteiger partial charge on any atom is 0.222 e. The van der Waals surface area contributed by atoms with Gasteiger partial charge in [0.2, 0.25) is 5.91 Å². The first-order chi connectivity index (χ1) is 10.6. The van der Waals surface area contributed by atoms with Crippen LogP contribution in [-0.2, 0) is 16.1 Å². The molecule has 1 aromatic rings. The first-order valence-corrected chi connectivity index (χ1v) is 8.17. The van der Waals surface area contributed by atoms with Crippen LogP contribution >= 0.6 is 0 Å². The van der Waals surface area contributed by atoms with Crippen molar-refractivity contribution in [2.75, 3.05) is 13.1 Å². The molecule has 3 rings (SSSR count). The Bertz CT molecular complexity index is 492. The van der Waals surface area contributed by atoms with Crippen molar-refractivity contribution in [3.05, 3.63) is 30.1 Å². The van der Waals surface area contributed by atoms with E-state index < -0.39 is 0 Å². The molecule has 1 aromatic heterocycles. The zero-order valence-electron chi connectivity index (χ0n) is 13.4. The lowest BCUT2D eigenvalue weighted by Crippen LogP contribution is -2.32.